The molecule has 0 aliphatic carbocycles. The van der Waals surface area contributed by atoms with Crippen molar-refractivity contribution in [2.75, 3.05) is 18.2 Å². The molecule has 128 valence electrons. The van der Waals surface area contributed by atoms with Crippen LogP contribution < -0.4 is 5.32 Å². The molecule has 0 fully saturated rings. The maximum Gasteiger partial charge on any atom is 0.232 e. The van der Waals surface area contributed by atoms with Gasteiger partial charge in [-0.15, -0.1) is 0 Å². The van der Waals surface area contributed by atoms with Crippen LogP contribution in [0.1, 0.15) is 19.4 Å². The average Bonchev–Trinajstić information content (AvgIpc) is 2.56. The first kappa shape index (κ1) is 18.4. The molecule has 0 aliphatic heterocycles. The standard InChI is InChI=1S/C19H23NO3S/c1-19(2,14-23-13-15-7-5-4-6-8-15)18(21)20-16-9-11-17(12-10-16)24(3)22/h4-12H,13-14H2,1-3H3,(H,20,21)/t24-/m1/s1. The molecule has 4 nitrogen and oxygen atoms in total. The van der Waals surface area contributed by atoms with Crippen LogP contribution in [-0.4, -0.2) is 23.0 Å². The summed E-state index contributed by atoms with van der Waals surface area (Å²) in [6.07, 6.45) is 1.63. The lowest BCUT2D eigenvalue weighted by Crippen LogP contribution is -2.34. The van der Waals surface area contributed by atoms with Crippen molar-refractivity contribution >= 4 is 22.4 Å². The summed E-state index contributed by atoms with van der Waals surface area (Å²) in [5.74, 6) is -0.110. The van der Waals surface area contributed by atoms with Gasteiger partial charge in [-0.05, 0) is 43.7 Å². The molecule has 1 N–H and O–H groups in total. The van der Waals surface area contributed by atoms with E-state index in [2.05, 4.69) is 5.32 Å². The summed E-state index contributed by atoms with van der Waals surface area (Å²) >= 11 is 0. The third kappa shape index (κ3) is 5.28. The molecule has 0 saturated carbocycles. The molecule has 0 radical (unpaired) electrons. The fourth-order valence-electron chi connectivity index (χ4n) is 2.09. The summed E-state index contributed by atoms with van der Waals surface area (Å²) in [5, 5.41) is 2.88. The second kappa shape index (κ2) is 8.22. The van der Waals surface area contributed by atoms with Gasteiger partial charge in [-0.25, -0.2) is 0 Å². The van der Waals surface area contributed by atoms with Crippen molar-refractivity contribution in [2.45, 2.75) is 25.3 Å². The summed E-state index contributed by atoms with van der Waals surface area (Å²) in [7, 11) is -1.02. The Bertz CT molecular complexity index is 696. The summed E-state index contributed by atoms with van der Waals surface area (Å²) < 4.78 is 17.1. The lowest BCUT2D eigenvalue weighted by molar-refractivity contribution is -0.127. The van der Waals surface area contributed by atoms with Gasteiger partial charge in [-0.2, -0.15) is 0 Å². The predicted molar refractivity (Wildman–Crippen MR) is 97.3 cm³/mol. The Morgan fingerprint density at radius 1 is 1.08 bits per heavy atom. The largest absolute Gasteiger partial charge is 0.376 e. The zero-order chi connectivity index (χ0) is 17.6. The van der Waals surface area contributed by atoms with E-state index in [1.54, 1.807) is 30.5 Å². The minimum Gasteiger partial charge on any atom is -0.376 e. The van der Waals surface area contributed by atoms with Crippen LogP contribution >= 0.6 is 0 Å². The first-order valence-corrected chi connectivity index (χ1v) is 9.31. The summed E-state index contributed by atoms with van der Waals surface area (Å²) in [6.45, 7) is 4.50. The number of rotatable bonds is 7. The molecule has 2 aromatic rings. The molecule has 2 aromatic carbocycles. The van der Waals surface area contributed by atoms with Crippen LogP contribution in [0, 0.1) is 5.41 Å². The van der Waals surface area contributed by atoms with Crippen LogP contribution in [0.4, 0.5) is 5.69 Å². The van der Waals surface area contributed by atoms with E-state index >= 15 is 0 Å². The molecule has 1 amide bonds. The minimum atomic E-state index is -1.02. The van der Waals surface area contributed by atoms with Gasteiger partial charge in [-0.1, -0.05) is 30.3 Å². The van der Waals surface area contributed by atoms with Crippen LogP contribution in [0.3, 0.4) is 0 Å². The average molecular weight is 345 g/mol. The number of nitrogens with one attached hydrogen (secondary N) is 1. The van der Waals surface area contributed by atoms with E-state index in [0.717, 1.165) is 10.5 Å². The Balaban J connectivity index is 1.88. The zero-order valence-corrected chi connectivity index (χ0v) is 15.1. The number of carbonyl (C=O) groups excluding carboxylic acids is 1. The molecular formula is C19H23NO3S. The van der Waals surface area contributed by atoms with Crippen LogP contribution in [0.5, 0.6) is 0 Å². The number of benzene rings is 2. The number of carbonyl (C=O) groups is 1. The number of hydrogen-bond acceptors (Lipinski definition) is 3. The molecule has 0 saturated heterocycles. The highest BCUT2D eigenvalue weighted by Crippen LogP contribution is 2.20. The van der Waals surface area contributed by atoms with Gasteiger partial charge in [0.1, 0.15) is 0 Å². The molecule has 24 heavy (non-hydrogen) atoms. The monoisotopic (exact) mass is 345 g/mol. The maximum atomic E-state index is 12.4. The van der Waals surface area contributed by atoms with Gasteiger partial charge in [0.05, 0.1) is 18.6 Å². The van der Waals surface area contributed by atoms with E-state index in [1.165, 1.54) is 0 Å². The summed E-state index contributed by atoms with van der Waals surface area (Å²) in [5.41, 5.74) is 1.11. The smallest absolute Gasteiger partial charge is 0.232 e. The number of ether oxygens (including phenoxy) is 1. The summed E-state index contributed by atoms with van der Waals surface area (Å²) in [6, 6.07) is 16.9. The Morgan fingerprint density at radius 2 is 1.71 bits per heavy atom. The normalized spacial score (nSPS) is 12.6. The molecule has 2 rings (SSSR count). The third-order valence-electron chi connectivity index (χ3n) is 3.63. The lowest BCUT2D eigenvalue weighted by atomic mass is 9.93. The molecule has 0 unspecified atom stereocenters. The number of hydrogen-bond donors (Lipinski definition) is 1. The highest BCUT2D eigenvalue weighted by Gasteiger charge is 2.28. The lowest BCUT2D eigenvalue weighted by Gasteiger charge is -2.23. The van der Waals surface area contributed by atoms with Crippen LogP contribution in [-0.2, 0) is 26.9 Å². The Labute approximate surface area is 145 Å². The quantitative estimate of drug-likeness (QED) is 0.834. The molecule has 1 atom stereocenters. The van der Waals surface area contributed by atoms with Gasteiger partial charge in [0.2, 0.25) is 5.91 Å². The number of anilines is 1. The Hall–Kier alpha value is -1.98. The van der Waals surface area contributed by atoms with Gasteiger partial charge in [0.15, 0.2) is 0 Å². The molecule has 0 bridgehead atoms. The Kier molecular flexibility index (Phi) is 6.29. The first-order chi connectivity index (χ1) is 11.4. The van der Waals surface area contributed by atoms with Gasteiger partial charge in [0.25, 0.3) is 0 Å². The van der Waals surface area contributed by atoms with E-state index in [1.807, 2.05) is 44.2 Å². The fourth-order valence-corrected chi connectivity index (χ4v) is 2.61. The van der Waals surface area contributed by atoms with Crippen LogP contribution in [0.15, 0.2) is 59.5 Å². The molecule has 0 spiro atoms. The SMILES string of the molecule is C[S@@](=O)c1ccc(NC(=O)C(C)(C)COCc2ccccc2)cc1. The second-order valence-electron chi connectivity index (χ2n) is 6.29. The van der Waals surface area contributed by atoms with Crippen molar-refractivity contribution in [3.05, 3.63) is 60.2 Å². The van der Waals surface area contributed by atoms with Gasteiger partial charge < -0.3 is 10.1 Å². The zero-order valence-electron chi connectivity index (χ0n) is 14.2. The van der Waals surface area contributed by atoms with Gasteiger partial charge in [-0.3, -0.25) is 9.00 Å². The van der Waals surface area contributed by atoms with E-state index in [4.69, 9.17) is 4.74 Å². The maximum absolute atomic E-state index is 12.4. The van der Waals surface area contributed by atoms with E-state index in [9.17, 15) is 9.00 Å². The Morgan fingerprint density at radius 3 is 2.29 bits per heavy atom. The second-order valence-corrected chi connectivity index (χ2v) is 7.67. The van der Waals surface area contributed by atoms with Crippen molar-refractivity contribution in [3.63, 3.8) is 0 Å². The van der Waals surface area contributed by atoms with Gasteiger partial charge >= 0.3 is 0 Å². The molecule has 0 aromatic heterocycles. The van der Waals surface area contributed by atoms with Crippen molar-refractivity contribution < 1.29 is 13.7 Å². The topological polar surface area (TPSA) is 55.4 Å². The minimum absolute atomic E-state index is 0.110. The predicted octanol–water partition coefficient (Wildman–Crippen LogP) is 3.61. The van der Waals surface area contributed by atoms with E-state index < -0.39 is 16.2 Å². The molecule has 0 aliphatic rings. The first-order valence-electron chi connectivity index (χ1n) is 7.75. The van der Waals surface area contributed by atoms with Crippen molar-refractivity contribution in [1.29, 1.82) is 0 Å². The molecular weight excluding hydrogens is 322 g/mol. The van der Waals surface area contributed by atoms with Crippen molar-refractivity contribution in [2.24, 2.45) is 5.41 Å². The number of amides is 1. The summed E-state index contributed by atoms with van der Waals surface area (Å²) in [4.78, 5) is 13.2. The highest BCUT2D eigenvalue weighted by atomic mass is 32.2. The van der Waals surface area contributed by atoms with E-state index in [-0.39, 0.29) is 5.91 Å². The van der Waals surface area contributed by atoms with Crippen molar-refractivity contribution in [1.82, 2.24) is 0 Å². The molecule has 0 heterocycles. The van der Waals surface area contributed by atoms with E-state index in [0.29, 0.717) is 18.9 Å². The van der Waals surface area contributed by atoms with Crippen molar-refractivity contribution in [3.8, 4) is 0 Å². The fraction of sp³-hybridized carbons (Fsp3) is 0.316. The van der Waals surface area contributed by atoms with Crippen LogP contribution in [0.25, 0.3) is 0 Å². The highest BCUT2D eigenvalue weighted by molar-refractivity contribution is 7.84. The van der Waals surface area contributed by atoms with Gasteiger partial charge in [0, 0.05) is 27.6 Å². The molecule has 5 heteroatoms. The van der Waals surface area contributed by atoms with Crippen LogP contribution in [0.2, 0.25) is 0 Å². The third-order valence-corrected chi connectivity index (χ3v) is 4.57.